The lowest BCUT2D eigenvalue weighted by Crippen LogP contribution is -2.33. The Morgan fingerprint density at radius 3 is 2.31 bits per heavy atom. The highest BCUT2D eigenvalue weighted by atomic mass is 16.5. The van der Waals surface area contributed by atoms with Crippen molar-refractivity contribution in [3.8, 4) is 5.75 Å². The molecule has 2 atom stereocenters. The SMILES string of the molecule is COc1ccc(C2N=CC(c3cc[n+](Cc4ccc(C(C)=O)cc4)cc3)O2)cc1. The van der Waals surface area contributed by atoms with Crippen molar-refractivity contribution in [2.75, 3.05) is 7.11 Å². The number of pyridine rings is 1. The van der Waals surface area contributed by atoms with E-state index >= 15 is 0 Å². The topological polar surface area (TPSA) is 51.8 Å². The molecule has 0 bridgehead atoms. The van der Waals surface area contributed by atoms with Gasteiger partial charge in [-0.15, -0.1) is 0 Å². The lowest BCUT2D eigenvalue weighted by atomic mass is 10.1. The normalized spacial score (nSPS) is 18.0. The van der Waals surface area contributed by atoms with E-state index in [-0.39, 0.29) is 18.1 Å². The predicted molar refractivity (Wildman–Crippen MR) is 110 cm³/mol. The van der Waals surface area contributed by atoms with Gasteiger partial charge in [-0.25, -0.2) is 4.57 Å². The van der Waals surface area contributed by atoms with Gasteiger partial charge in [-0.3, -0.25) is 9.79 Å². The number of aromatic nitrogens is 1. The van der Waals surface area contributed by atoms with Crippen LogP contribution in [-0.4, -0.2) is 19.1 Å². The molecule has 0 amide bonds. The third-order valence-electron chi connectivity index (χ3n) is 5.00. The Morgan fingerprint density at radius 2 is 1.69 bits per heavy atom. The summed E-state index contributed by atoms with van der Waals surface area (Å²) in [5.41, 5.74) is 3.95. The van der Waals surface area contributed by atoms with E-state index in [1.165, 1.54) is 0 Å². The molecule has 0 fully saturated rings. The number of nitrogens with zero attached hydrogens (tertiary/aromatic N) is 2. The standard InChI is InChI=1S/C24H23N2O3/c1-17(27)19-5-3-18(4-6-19)16-26-13-11-20(12-14-26)23-15-25-24(29-23)21-7-9-22(28-2)10-8-21/h3-15,23-24H,16H2,1-2H3/q+1. The molecule has 2 aromatic carbocycles. The summed E-state index contributed by atoms with van der Waals surface area (Å²) in [6.07, 6.45) is 5.47. The summed E-state index contributed by atoms with van der Waals surface area (Å²) in [6, 6.07) is 19.6. The second-order valence-electron chi connectivity index (χ2n) is 7.04. The van der Waals surface area contributed by atoms with E-state index in [4.69, 9.17) is 9.47 Å². The maximum absolute atomic E-state index is 11.4. The van der Waals surface area contributed by atoms with Crippen LogP contribution in [0.3, 0.4) is 0 Å². The lowest BCUT2D eigenvalue weighted by molar-refractivity contribution is -0.688. The van der Waals surface area contributed by atoms with Gasteiger partial charge >= 0.3 is 0 Å². The van der Waals surface area contributed by atoms with Gasteiger partial charge in [0.2, 0.25) is 0 Å². The highest BCUT2D eigenvalue weighted by Gasteiger charge is 2.24. The Labute approximate surface area is 170 Å². The fraction of sp³-hybridized carbons (Fsp3) is 0.208. The molecule has 0 radical (unpaired) electrons. The zero-order valence-electron chi connectivity index (χ0n) is 16.5. The minimum absolute atomic E-state index is 0.0831. The minimum Gasteiger partial charge on any atom is -0.497 e. The van der Waals surface area contributed by atoms with Gasteiger partial charge < -0.3 is 9.47 Å². The Bertz CT molecular complexity index is 1010. The van der Waals surface area contributed by atoms with Crippen molar-refractivity contribution in [2.45, 2.75) is 25.8 Å². The predicted octanol–water partition coefficient (Wildman–Crippen LogP) is 4.07. The molecule has 5 heteroatoms. The van der Waals surface area contributed by atoms with Crippen LogP contribution < -0.4 is 9.30 Å². The van der Waals surface area contributed by atoms with Gasteiger partial charge in [0.15, 0.2) is 30.9 Å². The Kier molecular flexibility index (Phi) is 5.49. The zero-order chi connectivity index (χ0) is 20.2. The van der Waals surface area contributed by atoms with Crippen molar-refractivity contribution < 1.29 is 18.8 Å². The van der Waals surface area contributed by atoms with E-state index in [1.54, 1.807) is 14.0 Å². The highest BCUT2D eigenvalue weighted by molar-refractivity contribution is 5.93. The molecule has 0 N–H and O–H groups in total. The zero-order valence-corrected chi connectivity index (χ0v) is 16.5. The number of hydrogen-bond acceptors (Lipinski definition) is 4. The van der Waals surface area contributed by atoms with E-state index in [9.17, 15) is 4.79 Å². The van der Waals surface area contributed by atoms with E-state index in [0.29, 0.717) is 0 Å². The van der Waals surface area contributed by atoms with Crippen LogP contribution in [-0.2, 0) is 11.3 Å². The van der Waals surface area contributed by atoms with Crippen LogP contribution in [0.2, 0.25) is 0 Å². The maximum atomic E-state index is 11.4. The molecular formula is C24H23N2O3+. The van der Waals surface area contributed by atoms with Crippen LogP contribution in [0.15, 0.2) is 78.0 Å². The number of carbonyl (C=O) groups excluding carboxylic acids is 1. The molecule has 4 rings (SSSR count). The van der Waals surface area contributed by atoms with Gasteiger partial charge in [0.1, 0.15) is 11.9 Å². The summed E-state index contributed by atoms with van der Waals surface area (Å²) in [6.45, 7) is 2.32. The first kappa shape index (κ1) is 19.0. The van der Waals surface area contributed by atoms with Gasteiger partial charge in [-0.1, -0.05) is 36.4 Å². The van der Waals surface area contributed by atoms with Crippen LogP contribution in [0.4, 0.5) is 0 Å². The van der Waals surface area contributed by atoms with Gasteiger partial charge in [0.25, 0.3) is 0 Å². The highest BCUT2D eigenvalue weighted by Crippen LogP contribution is 2.32. The largest absolute Gasteiger partial charge is 0.497 e. The average molecular weight is 387 g/mol. The second-order valence-corrected chi connectivity index (χ2v) is 7.04. The Hall–Kier alpha value is -3.31. The first-order chi connectivity index (χ1) is 14.1. The molecule has 1 aliphatic heterocycles. The Balaban J connectivity index is 1.39. The summed E-state index contributed by atoms with van der Waals surface area (Å²) < 4.78 is 13.4. The molecule has 0 saturated carbocycles. The van der Waals surface area contributed by atoms with E-state index in [2.05, 4.69) is 21.7 Å². The average Bonchev–Trinajstić information content (AvgIpc) is 3.25. The van der Waals surface area contributed by atoms with Crippen molar-refractivity contribution in [3.05, 3.63) is 95.3 Å². The minimum atomic E-state index is -0.293. The van der Waals surface area contributed by atoms with Crippen LogP contribution in [0.5, 0.6) is 5.75 Å². The molecule has 29 heavy (non-hydrogen) atoms. The summed E-state index contributed by atoms with van der Waals surface area (Å²) in [5.74, 6) is 0.899. The van der Waals surface area contributed by atoms with Crippen LogP contribution in [0.25, 0.3) is 0 Å². The molecule has 1 aliphatic rings. The number of Topliss-reactive ketones (excluding diaryl/α,β-unsaturated/α-hetero) is 1. The molecule has 5 nitrogen and oxygen atoms in total. The number of carbonyl (C=O) groups is 1. The monoisotopic (exact) mass is 387 g/mol. The molecule has 0 saturated heterocycles. The molecule has 3 aromatic rings. The summed E-state index contributed by atoms with van der Waals surface area (Å²) in [5, 5.41) is 0. The van der Waals surface area contributed by atoms with Crippen molar-refractivity contribution in [1.82, 2.24) is 0 Å². The third kappa shape index (κ3) is 4.41. The molecule has 1 aromatic heterocycles. The van der Waals surface area contributed by atoms with Gasteiger partial charge in [-0.05, 0) is 24.6 Å². The molecule has 0 spiro atoms. The number of methoxy groups -OCH3 is 1. The molecule has 2 unspecified atom stereocenters. The van der Waals surface area contributed by atoms with Crippen LogP contribution >= 0.6 is 0 Å². The molecule has 146 valence electrons. The molecule has 2 heterocycles. The second kappa shape index (κ2) is 8.37. The smallest absolute Gasteiger partial charge is 0.175 e. The van der Waals surface area contributed by atoms with Gasteiger partial charge in [0.05, 0.1) is 7.11 Å². The van der Waals surface area contributed by atoms with E-state index in [0.717, 1.165) is 34.5 Å². The lowest BCUT2D eigenvalue weighted by Gasteiger charge is -2.13. The number of hydrogen-bond donors (Lipinski definition) is 0. The quantitative estimate of drug-likeness (QED) is 0.473. The molecule has 0 aliphatic carbocycles. The van der Waals surface area contributed by atoms with Gasteiger partial charge in [0, 0.05) is 35.0 Å². The number of benzene rings is 2. The Morgan fingerprint density at radius 1 is 1.00 bits per heavy atom. The fourth-order valence-electron chi connectivity index (χ4n) is 3.28. The van der Waals surface area contributed by atoms with Crippen LogP contribution in [0, 0.1) is 0 Å². The van der Waals surface area contributed by atoms with Crippen LogP contribution in [0.1, 0.15) is 46.3 Å². The third-order valence-corrected chi connectivity index (χ3v) is 5.00. The molecular weight excluding hydrogens is 364 g/mol. The van der Waals surface area contributed by atoms with E-state index in [1.807, 2.05) is 67.1 Å². The van der Waals surface area contributed by atoms with Crippen molar-refractivity contribution >= 4 is 12.0 Å². The summed E-state index contributed by atoms with van der Waals surface area (Å²) in [7, 11) is 1.65. The number of ketones is 1. The number of rotatable bonds is 6. The number of aliphatic imine (C=N–C) groups is 1. The first-order valence-electron chi connectivity index (χ1n) is 9.54. The number of ether oxygens (including phenoxy) is 2. The van der Waals surface area contributed by atoms with E-state index < -0.39 is 0 Å². The first-order valence-corrected chi connectivity index (χ1v) is 9.54. The summed E-state index contributed by atoms with van der Waals surface area (Å²) in [4.78, 5) is 15.9. The fourth-order valence-corrected chi connectivity index (χ4v) is 3.28. The maximum Gasteiger partial charge on any atom is 0.175 e. The van der Waals surface area contributed by atoms with Crippen molar-refractivity contribution in [1.29, 1.82) is 0 Å². The van der Waals surface area contributed by atoms with Crippen molar-refractivity contribution in [3.63, 3.8) is 0 Å². The summed E-state index contributed by atoms with van der Waals surface area (Å²) >= 11 is 0. The van der Waals surface area contributed by atoms with Gasteiger partial charge in [-0.2, -0.15) is 0 Å². The van der Waals surface area contributed by atoms with Crippen molar-refractivity contribution in [2.24, 2.45) is 4.99 Å².